The lowest BCUT2D eigenvalue weighted by atomic mass is 9.98. The second-order valence-electron chi connectivity index (χ2n) is 6.30. The molecule has 0 radical (unpaired) electrons. The van der Waals surface area contributed by atoms with Crippen LogP contribution in [0.1, 0.15) is 31.6 Å². The molecule has 2 fully saturated rings. The van der Waals surface area contributed by atoms with Crippen LogP contribution in [-0.4, -0.2) is 55.6 Å². The van der Waals surface area contributed by atoms with Crippen LogP contribution in [0.2, 0.25) is 0 Å². The summed E-state index contributed by atoms with van der Waals surface area (Å²) in [7, 11) is 0. The first-order chi connectivity index (χ1) is 9.83. The quantitative estimate of drug-likeness (QED) is 0.911. The third kappa shape index (κ3) is 3.43. The minimum Gasteiger partial charge on any atom is -0.468 e. The van der Waals surface area contributed by atoms with Gasteiger partial charge in [-0.15, -0.1) is 0 Å². The maximum Gasteiger partial charge on any atom is 0.122 e. The van der Waals surface area contributed by atoms with Crippen LogP contribution in [0.15, 0.2) is 22.8 Å². The number of piperazine rings is 1. The van der Waals surface area contributed by atoms with Crippen molar-refractivity contribution in [2.45, 2.75) is 25.8 Å². The lowest BCUT2D eigenvalue weighted by Gasteiger charge is -2.38. The molecule has 3 heterocycles. The molecule has 1 unspecified atom stereocenters. The van der Waals surface area contributed by atoms with Crippen molar-refractivity contribution in [3.63, 3.8) is 0 Å². The maximum absolute atomic E-state index is 5.72. The smallest absolute Gasteiger partial charge is 0.122 e. The largest absolute Gasteiger partial charge is 0.468 e. The van der Waals surface area contributed by atoms with Crippen molar-refractivity contribution in [2.75, 3.05) is 45.8 Å². The average Bonchev–Trinajstić information content (AvgIpc) is 3.01. The molecule has 4 heteroatoms. The normalized spacial score (nSPS) is 24.9. The molecule has 4 nitrogen and oxygen atoms in total. The van der Waals surface area contributed by atoms with Gasteiger partial charge in [-0.3, -0.25) is 4.90 Å². The van der Waals surface area contributed by atoms with Crippen LogP contribution in [0.3, 0.4) is 0 Å². The van der Waals surface area contributed by atoms with Crippen LogP contribution in [0.5, 0.6) is 0 Å². The van der Waals surface area contributed by atoms with E-state index >= 15 is 0 Å². The van der Waals surface area contributed by atoms with Gasteiger partial charge < -0.3 is 14.6 Å². The fourth-order valence-corrected chi connectivity index (χ4v) is 3.35. The van der Waals surface area contributed by atoms with Gasteiger partial charge in [0.05, 0.1) is 12.3 Å². The summed E-state index contributed by atoms with van der Waals surface area (Å²) in [5, 5.41) is 3.44. The van der Waals surface area contributed by atoms with E-state index in [2.05, 4.69) is 28.1 Å². The molecular formula is C16H27N3O. The Hall–Kier alpha value is -0.840. The molecule has 0 saturated carbocycles. The third-order valence-electron chi connectivity index (χ3n) is 4.77. The fourth-order valence-electron chi connectivity index (χ4n) is 3.35. The number of hydrogen-bond donors (Lipinski definition) is 1. The van der Waals surface area contributed by atoms with E-state index in [1.165, 1.54) is 25.9 Å². The third-order valence-corrected chi connectivity index (χ3v) is 4.77. The SMILES string of the molecule is CC1CCN(CC(c2ccco2)N2CCNCC2)CC1. The zero-order chi connectivity index (χ0) is 13.8. The van der Waals surface area contributed by atoms with Gasteiger partial charge in [0, 0.05) is 32.7 Å². The van der Waals surface area contributed by atoms with Crippen LogP contribution in [0.25, 0.3) is 0 Å². The summed E-state index contributed by atoms with van der Waals surface area (Å²) >= 11 is 0. The van der Waals surface area contributed by atoms with Crippen LogP contribution in [0.4, 0.5) is 0 Å². The highest BCUT2D eigenvalue weighted by atomic mass is 16.3. The predicted molar refractivity (Wildman–Crippen MR) is 80.7 cm³/mol. The molecule has 0 aromatic carbocycles. The van der Waals surface area contributed by atoms with E-state index < -0.39 is 0 Å². The summed E-state index contributed by atoms with van der Waals surface area (Å²) < 4.78 is 5.72. The van der Waals surface area contributed by atoms with Crippen LogP contribution >= 0.6 is 0 Å². The Morgan fingerprint density at radius 3 is 2.65 bits per heavy atom. The highest BCUT2D eigenvalue weighted by Crippen LogP contribution is 2.25. The van der Waals surface area contributed by atoms with E-state index in [9.17, 15) is 0 Å². The van der Waals surface area contributed by atoms with Crippen molar-refractivity contribution >= 4 is 0 Å². The molecule has 0 spiro atoms. The summed E-state index contributed by atoms with van der Waals surface area (Å²) in [5.41, 5.74) is 0. The lowest BCUT2D eigenvalue weighted by Crippen LogP contribution is -2.48. The standard InChI is InChI=1S/C16H27N3O/c1-14-4-8-18(9-5-14)13-15(16-3-2-12-20-16)19-10-6-17-7-11-19/h2-3,12,14-15,17H,4-11,13H2,1H3. The number of piperidine rings is 1. The average molecular weight is 277 g/mol. The van der Waals surface area contributed by atoms with E-state index in [4.69, 9.17) is 4.42 Å². The summed E-state index contributed by atoms with van der Waals surface area (Å²) in [5.74, 6) is 2.03. The predicted octanol–water partition coefficient (Wildman–Crippen LogP) is 1.96. The van der Waals surface area contributed by atoms with Crippen molar-refractivity contribution in [3.05, 3.63) is 24.2 Å². The van der Waals surface area contributed by atoms with Crippen molar-refractivity contribution in [1.82, 2.24) is 15.1 Å². The Morgan fingerprint density at radius 1 is 1.25 bits per heavy atom. The Morgan fingerprint density at radius 2 is 2.00 bits per heavy atom. The molecule has 0 bridgehead atoms. The Balaban J connectivity index is 1.65. The molecule has 0 amide bonds. The van der Waals surface area contributed by atoms with Crippen molar-refractivity contribution < 1.29 is 4.42 Å². The topological polar surface area (TPSA) is 31.7 Å². The van der Waals surface area contributed by atoms with E-state index in [1.807, 2.05) is 12.3 Å². The molecule has 2 aliphatic rings. The number of likely N-dealkylation sites (tertiary alicyclic amines) is 1. The Kier molecular flexibility index (Phi) is 4.76. The maximum atomic E-state index is 5.72. The molecule has 1 N–H and O–H groups in total. The van der Waals surface area contributed by atoms with Crippen molar-refractivity contribution in [3.8, 4) is 0 Å². The zero-order valence-electron chi connectivity index (χ0n) is 12.6. The Bertz CT molecular complexity index is 378. The van der Waals surface area contributed by atoms with E-state index in [0.717, 1.165) is 44.4 Å². The summed E-state index contributed by atoms with van der Waals surface area (Å²) in [4.78, 5) is 5.20. The van der Waals surface area contributed by atoms with Gasteiger partial charge in [-0.25, -0.2) is 0 Å². The molecule has 20 heavy (non-hydrogen) atoms. The van der Waals surface area contributed by atoms with Gasteiger partial charge >= 0.3 is 0 Å². The first-order valence-electron chi connectivity index (χ1n) is 8.03. The van der Waals surface area contributed by atoms with Gasteiger partial charge in [-0.05, 0) is 44.0 Å². The molecule has 2 aliphatic heterocycles. The van der Waals surface area contributed by atoms with Gasteiger partial charge in [0.1, 0.15) is 5.76 Å². The van der Waals surface area contributed by atoms with Crippen molar-refractivity contribution in [1.29, 1.82) is 0 Å². The molecule has 2 saturated heterocycles. The summed E-state index contributed by atoms with van der Waals surface area (Å²) in [6, 6.07) is 4.57. The molecule has 1 atom stereocenters. The van der Waals surface area contributed by atoms with Crippen LogP contribution in [0, 0.1) is 5.92 Å². The number of nitrogens with zero attached hydrogens (tertiary/aromatic N) is 2. The van der Waals surface area contributed by atoms with Crippen LogP contribution in [-0.2, 0) is 0 Å². The lowest BCUT2D eigenvalue weighted by molar-refractivity contribution is 0.0922. The zero-order valence-corrected chi connectivity index (χ0v) is 12.6. The minimum absolute atomic E-state index is 0.417. The van der Waals surface area contributed by atoms with Gasteiger partial charge in [0.15, 0.2) is 0 Å². The monoisotopic (exact) mass is 277 g/mol. The number of rotatable bonds is 4. The second-order valence-corrected chi connectivity index (χ2v) is 6.30. The van der Waals surface area contributed by atoms with Crippen molar-refractivity contribution in [2.24, 2.45) is 5.92 Å². The van der Waals surface area contributed by atoms with E-state index in [-0.39, 0.29) is 0 Å². The summed E-state index contributed by atoms with van der Waals surface area (Å²) in [6.45, 7) is 10.4. The van der Waals surface area contributed by atoms with Gasteiger partial charge in [-0.2, -0.15) is 0 Å². The highest BCUT2D eigenvalue weighted by molar-refractivity contribution is 5.06. The molecular weight excluding hydrogens is 250 g/mol. The van der Waals surface area contributed by atoms with Gasteiger partial charge in [0.2, 0.25) is 0 Å². The van der Waals surface area contributed by atoms with Crippen LogP contribution < -0.4 is 5.32 Å². The second kappa shape index (κ2) is 6.74. The first kappa shape index (κ1) is 14.1. The summed E-state index contributed by atoms with van der Waals surface area (Å²) in [6.07, 6.45) is 4.49. The highest BCUT2D eigenvalue weighted by Gasteiger charge is 2.27. The molecule has 112 valence electrons. The molecule has 1 aromatic heterocycles. The molecule has 1 aromatic rings. The number of hydrogen-bond acceptors (Lipinski definition) is 4. The Labute approximate surface area is 122 Å². The first-order valence-corrected chi connectivity index (χ1v) is 8.03. The molecule has 3 rings (SSSR count). The number of furan rings is 1. The minimum atomic E-state index is 0.417. The molecule has 0 aliphatic carbocycles. The fraction of sp³-hybridized carbons (Fsp3) is 0.750. The van der Waals surface area contributed by atoms with E-state index in [0.29, 0.717) is 6.04 Å². The van der Waals surface area contributed by atoms with E-state index in [1.54, 1.807) is 0 Å². The van der Waals surface area contributed by atoms with Gasteiger partial charge in [-0.1, -0.05) is 6.92 Å². The van der Waals surface area contributed by atoms with Gasteiger partial charge in [0.25, 0.3) is 0 Å². The number of nitrogens with one attached hydrogen (secondary N) is 1.